The van der Waals surface area contributed by atoms with Crippen LogP contribution in [0.4, 0.5) is 4.39 Å². The molecule has 0 bridgehead atoms. The number of halogens is 1. The average Bonchev–Trinajstić information content (AvgIpc) is 2.22. The lowest BCUT2D eigenvalue weighted by Gasteiger charge is -2.38. The molecule has 0 aromatic rings. The van der Waals surface area contributed by atoms with E-state index in [0.29, 0.717) is 18.9 Å². The van der Waals surface area contributed by atoms with Crippen LogP contribution in [-0.4, -0.2) is 43.4 Å². The van der Waals surface area contributed by atoms with E-state index in [-0.39, 0.29) is 6.10 Å². The standard InChI is InChI=1S/C13H24FNO/c1-10-4-3-5-15(7-10)8-13-11(2)6-12(14)9-16-13/h10-13H,3-9H2,1-2H3/t10-,11+,12+,13-/m0/s1. The lowest BCUT2D eigenvalue weighted by Crippen LogP contribution is -2.45. The Morgan fingerprint density at radius 2 is 2.19 bits per heavy atom. The van der Waals surface area contributed by atoms with Crippen LogP contribution in [0.1, 0.15) is 33.1 Å². The molecule has 94 valence electrons. The molecule has 0 saturated carbocycles. The van der Waals surface area contributed by atoms with Gasteiger partial charge in [0, 0.05) is 13.1 Å². The Bertz CT molecular complexity index is 224. The fraction of sp³-hybridized carbons (Fsp3) is 1.00. The maximum Gasteiger partial charge on any atom is 0.124 e. The Kier molecular flexibility index (Phi) is 4.20. The van der Waals surface area contributed by atoms with Crippen molar-refractivity contribution >= 4 is 0 Å². The van der Waals surface area contributed by atoms with Crippen LogP contribution in [0.5, 0.6) is 0 Å². The molecule has 0 N–H and O–H groups in total. The van der Waals surface area contributed by atoms with Gasteiger partial charge in [-0.15, -0.1) is 0 Å². The van der Waals surface area contributed by atoms with E-state index < -0.39 is 6.17 Å². The summed E-state index contributed by atoms with van der Waals surface area (Å²) in [7, 11) is 0. The maximum absolute atomic E-state index is 13.1. The smallest absolute Gasteiger partial charge is 0.124 e. The molecular weight excluding hydrogens is 205 g/mol. The van der Waals surface area contributed by atoms with Crippen LogP contribution in [0.15, 0.2) is 0 Å². The number of likely N-dealkylation sites (tertiary alicyclic amines) is 1. The van der Waals surface area contributed by atoms with Gasteiger partial charge in [-0.3, -0.25) is 0 Å². The van der Waals surface area contributed by atoms with Crippen molar-refractivity contribution in [3.8, 4) is 0 Å². The summed E-state index contributed by atoms with van der Waals surface area (Å²) >= 11 is 0. The number of nitrogens with zero attached hydrogens (tertiary/aromatic N) is 1. The molecular formula is C13H24FNO. The van der Waals surface area contributed by atoms with Gasteiger partial charge in [-0.1, -0.05) is 13.8 Å². The van der Waals surface area contributed by atoms with Gasteiger partial charge < -0.3 is 9.64 Å². The molecule has 2 aliphatic heterocycles. The average molecular weight is 229 g/mol. The summed E-state index contributed by atoms with van der Waals surface area (Å²) in [5.41, 5.74) is 0. The van der Waals surface area contributed by atoms with Crippen molar-refractivity contribution in [2.45, 2.75) is 45.4 Å². The van der Waals surface area contributed by atoms with Crippen molar-refractivity contribution in [3.63, 3.8) is 0 Å². The van der Waals surface area contributed by atoms with Crippen molar-refractivity contribution < 1.29 is 9.13 Å². The minimum Gasteiger partial charge on any atom is -0.374 e. The third kappa shape index (κ3) is 3.17. The first kappa shape index (κ1) is 12.3. The zero-order chi connectivity index (χ0) is 11.5. The van der Waals surface area contributed by atoms with Crippen LogP contribution < -0.4 is 0 Å². The molecule has 2 rings (SSSR count). The Morgan fingerprint density at radius 3 is 2.88 bits per heavy atom. The topological polar surface area (TPSA) is 12.5 Å². The predicted molar refractivity (Wildman–Crippen MR) is 63.3 cm³/mol. The van der Waals surface area contributed by atoms with Crippen molar-refractivity contribution in [3.05, 3.63) is 0 Å². The van der Waals surface area contributed by atoms with E-state index in [1.165, 1.54) is 25.9 Å². The molecule has 2 aliphatic rings. The van der Waals surface area contributed by atoms with Gasteiger partial charge in [0.2, 0.25) is 0 Å². The van der Waals surface area contributed by atoms with Gasteiger partial charge >= 0.3 is 0 Å². The monoisotopic (exact) mass is 229 g/mol. The molecule has 16 heavy (non-hydrogen) atoms. The molecule has 0 unspecified atom stereocenters. The van der Waals surface area contributed by atoms with Crippen LogP contribution in [0, 0.1) is 11.8 Å². The molecule has 2 heterocycles. The minimum absolute atomic E-state index is 0.247. The zero-order valence-electron chi connectivity index (χ0n) is 10.5. The molecule has 0 aromatic heterocycles. The number of hydrogen-bond acceptors (Lipinski definition) is 2. The number of piperidine rings is 1. The van der Waals surface area contributed by atoms with Gasteiger partial charge in [-0.25, -0.2) is 4.39 Å². The SMILES string of the molecule is C[C@H]1CCCN(C[C@@H]2OC[C@H](F)C[C@H]2C)C1. The van der Waals surface area contributed by atoms with Gasteiger partial charge in [-0.05, 0) is 37.6 Å². The van der Waals surface area contributed by atoms with Crippen LogP contribution in [0.25, 0.3) is 0 Å². The second-order valence-corrected chi connectivity index (χ2v) is 5.69. The quantitative estimate of drug-likeness (QED) is 0.721. The fourth-order valence-electron chi connectivity index (χ4n) is 2.96. The Morgan fingerprint density at radius 1 is 1.38 bits per heavy atom. The molecule has 0 aromatic carbocycles. The van der Waals surface area contributed by atoms with Crippen LogP contribution >= 0.6 is 0 Å². The summed E-state index contributed by atoms with van der Waals surface area (Å²) in [6.07, 6.45) is 2.83. The van der Waals surface area contributed by atoms with E-state index >= 15 is 0 Å². The van der Waals surface area contributed by atoms with E-state index in [0.717, 1.165) is 12.5 Å². The fourth-order valence-corrected chi connectivity index (χ4v) is 2.96. The Hall–Kier alpha value is -0.150. The zero-order valence-corrected chi connectivity index (χ0v) is 10.5. The second kappa shape index (κ2) is 5.46. The normalized spacial score (nSPS) is 42.2. The summed E-state index contributed by atoms with van der Waals surface area (Å²) < 4.78 is 18.7. The number of hydrogen-bond donors (Lipinski definition) is 0. The molecule has 2 saturated heterocycles. The largest absolute Gasteiger partial charge is 0.374 e. The number of rotatable bonds is 2. The van der Waals surface area contributed by atoms with Gasteiger partial charge in [0.15, 0.2) is 0 Å². The van der Waals surface area contributed by atoms with Crippen molar-refractivity contribution in [1.82, 2.24) is 4.90 Å². The predicted octanol–water partition coefficient (Wildman–Crippen LogP) is 2.48. The molecule has 0 radical (unpaired) electrons. The first-order valence-corrected chi connectivity index (χ1v) is 6.63. The van der Waals surface area contributed by atoms with Crippen molar-refractivity contribution in [2.24, 2.45) is 11.8 Å². The van der Waals surface area contributed by atoms with Crippen LogP contribution in [0.3, 0.4) is 0 Å². The van der Waals surface area contributed by atoms with Gasteiger partial charge in [0.05, 0.1) is 12.7 Å². The first-order chi connectivity index (χ1) is 7.65. The van der Waals surface area contributed by atoms with Crippen molar-refractivity contribution in [2.75, 3.05) is 26.2 Å². The highest BCUT2D eigenvalue weighted by Gasteiger charge is 2.30. The third-order valence-corrected chi connectivity index (χ3v) is 3.93. The van der Waals surface area contributed by atoms with Gasteiger partial charge in [0.25, 0.3) is 0 Å². The van der Waals surface area contributed by atoms with E-state index in [4.69, 9.17) is 4.74 Å². The summed E-state index contributed by atoms with van der Waals surface area (Å²) in [6.45, 7) is 8.11. The molecule has 0 spiro atoms. The summed E-state index contributed by atoms with van der Waals surface area (Å²) in [4.78, 5) is 2.49. The van der Waals surface area contributed by atoms with E-state index in [1.54, 1.807) is 0 Å². The number of ether oxygens (including phenoxy) is 1. The molecule has 3 heteroatoms. The maximum atomic E-state index is 13.1. The summed E-state index contributed by atoms with van der Waals surface area (Å²) in [5, 5.41) is 0. The van der Waals surface area contributed by atoms with E-state index in [9.17, 15) is 4.39 Å². The lowest BCUT2D eigenvalue weighted by atomic mass is 9.93. The Balaban J connectivity index is 1.80. The molecule has 2 nitrogen and oxygen atoms in total. The summed E-state index contributed by atoms with van der Waals surface area (Å²) in [6, 6.07) is 0. The molecule has 0 aliphatic carbocycles. The van der Waals surface area contributed by atoms with Gasteiger partial charge in [0.1, 0.15) is 6.17 Å². The summed E-state index contributed by atoms with van der Waals surface area (Å²) in [5.74, 6) is 1.17. The molecule has 4 atom stereocenters. The van der Waals surface area contributed by atoms with Crippen LogP contribution in [-0.2, 0) is 4.74 Å². The second-order valence-electron chi connectivity index (χ2n) is 5.69. The third-order valence-electron chi connectivity index (χ3n) is 3.93. The van der Waals surface area contributed by atoms with Crippen molar-refractivity contribution in [1.29, 1.82) is 0 Å². The minimum atomic E-state index is -0.744. The van der Waals surface area contributed by atoms with Gasteiger partial charge in [-0.2, -0.15) is 0 Å². The Labute approximate surface area is 98.1 Å². The highest BCUT2D eigenvalue weighted by atomic mass is 19.1. The van der Waals surface area contributed by atoms with Crippen LogP contribution in [0.2, 0.25) is 0 Å². The first-order valence-electron chi connectivity index (χ1n) is 6.63. The highest BCUT2D eigenvalue weighted by molar-refractivity contribution is 4.80. The molecule has 0 amide bonds. The van der Waals surface area contributed by atoms with E-state index in [2.05, 4.69) is 18.7 Å². The molecule has 2 fully saturated rings. The van der Waals surface area contributed by atoms with E-state index in [1.807, 2.05) is 0 Å². The highest BCUT2D eigenvalue weighted by Crippen LogP contribution is 2.25. The lowest BCUT2D eigenvalue weighted by molar-refractivity contribution is -0.0752. The number of alkyl halides is 1.